The van der Waals surface area contributed by atoms with Crippen molar-refractivity contribution in [2.75, 3.05) is 13.9 Å². The number of hydrogen-bond acceptors (Lipinski definition) is 2. The van der Waals surface area contributed by atoms with E-state index in [2.05, 4.69) is 70.9 Å². The Labute approximate surface area is 199 Å². The number of halogens is 1. The number of hydrogen-bond donors (Lipinski definition) is 0. The number of methoxy groups -OCH3 is 1. The Hall–Kier alpha value is -1.78. The van der Waals surface area contributed by atoms with Crippen LogP contribution in [0, 0.1) is 24.7 Å². The van der Waals surface area contributed by atoms with Gasteiger partial charge in [0.1, 0.15) is 5.75 Å². The van der Waals surface area contributed by atoms with Crippen molar-refractivity contribution in [2.45, 2.75) is 50.9 Å². The molecule has 4 heteroatoms. The summed E-state index contributed by atoms with van der Waals surface area (Å²) in [5.74, 6) is 3.71. The van der Waals surface area contributed by atoms with Crippen molar-refractivity contribution in [3.05, 3.63) is 52.0 Å². The van der Waals surface area contributed by atoms with Crippen molar-refractivity contribution < 1.29 is 9.47 Å². The molecule has 4 fully saturated rings. The number of aryl methyl sites for hydroxylation is 2. The van der Waals surface area contributed by atoms with Gasteiger partial charge >= 0.3 is 0 Å². The molecule has 4 saturated carbocycles. The van der Waals surface area contributed by atoms with Crippen LogP contribution in [0.1, 0.15) is 49.7 Å². The van der Waals surface area contributed by atoms with Gasteiger partial charge in [-0.25, -0.2) is 0 Å². The molecule has 0 aliphatic heterocycles. The molecule has 1 aromatic heterocycles. The SMILES string of the molecule is COCOc1c(-c2c(Br)c3ccccc3n2C)cc(C)cc1C12CC3CC(CC(C3)C1)C2. The van der Waals surface area contributed by atoms with Crippen molar-refractivity contribution in [1.29, 1.82) is 0 Å². The number of benzene rings is 2. The van der Waals surface area contributed by atoms with Crippen molar-refractivity contribution >= 4 is 26.8 Å². The monoisotopic (exact) mass is 493 g/mol. The van der Waals surface area contributed by atoms with E-state index in [0.29, 0.717) is 0 Å². The molecule has 2 aromatic carbocycles. The van der Waals surface area contributed by atoms with Crippen LogP contribution in [-0.4, -0.2) is 18.5 Å². The maximum Gasteiger partial charge on any atom is 0.188 e. The third-order valence-corrected chi connectivity index (χ3v) is 9.27. The summed E-state index contributed by atoms with van der Waals surface area (Å²) < 4.78 is 15.3. The van der Waals surface area contributed by atoms with Gasteiger partial charge in [0, 0.05) is 36.2 Å². The van der Waals surface area contributed by atoms with E-state index < -0.39 is 0 Å². The quantitative estimate of drug-likeness (QED) is 0.346. The zero-order valence-electron chi connectivity index (χ0n) is 19.3. The van der Waals surface area contributed by atoms with Gasteiger partial charge in [-0.1, -0.05) is 24.3 Å². The normalized spacial score (nSPS) is 28.6. The van der Waals surface area contributed by atoms with Gasteiger partial charge in [-0.15, -0.1) is 0 Å². The van der Waals surface area contributed by atoms with E-state index in [9.17, 15) is 0 Å². The summed E-state index contributed by atoms with van der Waals surface area (Å²) in [7, 11) is 3.88. The second kappa shape index (κ2) is 7.63. The molecule has 4 bridgehead atoms. The van der Waals surface area contributed by atoms with E-state index in [-0.39, 0.29) is 12.2 Å². The van der Waals surface area contributed by atoms with E-state index in [4.69, 9.17) is 9.47 Å². The summed E-state index contributed by atoms with van der Waals surface area (Å²) in [6.45, 7) is 2.52. The topological polar surface area (TPSA) is 23.4 Å². The third-order valence-electron chi connectivity index (χ3n) is 8.46. The van der Waals surface area contributed by atoms with E-state index in [1.807, 2.05) is 0 Å². The van der Waals surface area contributed by atoms with Crippen LogP contribution in [0.2, 0.25) is 0 Å². The molecule has 0 atom stereocenters. The van der Waals surface area contributed by atoms with Gasteiger partial charge in [-0.3, -0.25) is 0 Å². The van der Waals surface area contributed by atoms with Crippen LogP contribution in [0.15, 0.2) is 40.9 Å². The maximum absolute atomic E-state index is 6.47. The molecule has 3 aromatic rings. The number of aromatic nitrogens is 1. The van der Waals surface area contributed by atoms with Crippen LogP contribution in [0.3, 0.4) is 0 Å². The molecule has 1 heterocycles. The Morgan fingerprint density at radius 3 is 2.31 bits per heavy atom. The molecule has 7 rings (SSSR count). The number of ether oxygens (including phenoxy) is 2. The van der Waals surface area contributed by atoms with Crippen molar-refractivity contribution in [3.63, 3.8) is 0 Å². The molecule has 4 aliphatic rings. The van der Waals surface area contributed by atoms with Crippen LogP contribution < -0.4 is 4.74 Å². The summed E-state index contributed by atoms with van der Waals surface area (Å²) in [5.41, 5.74) is 6.60. The smallest absolute Gasteiger partial charge is 0.188 e. The minimum Gasteiger partial charge on any atom is -0.467 e. The van der Waals surface area contributed by atoms with Crippen LogP contribution in [0.5, 0.6) is 5.75 Å². The molecule has 32 heavy (non-hydrogen) atoms. The molecule has 0 unspecified atom stereocenters. The summed E-state index contributed by atoms with van der Waals surface area (Å²) in [6.07, 6.45) is 8.30. The number of nitrogens with zero attached hydrogens (tertiary/aromatic N) is 1. The van der Waals surface area contributed by atoms with Crippen LogP contribution >= 0.6 is 15.9 Å². The number of fused-ring (bicyclic) bond motifs is 1. The van der Waals surface area contributed by atoms with E-state index in [1.54, 1.807) is 7.11 Å². The Morgan fingerprint density at radius 2 is 1.69 bits per heavy atom. The van der Waals surface area contributed by atoms with Gasteiger partial charge in [0.2, 0.25) is 0 Å². The van der Waals surface area contributed by atoms with Gasteiger partial charge in [0.05, 0.1) is 10.2 Å². The lowest BCUT2D eigenvalue weighted by Crippen LogP contribution is -2.48. The number of rotatable bonds is 5. The average molecular weight is 494 g/mol. The van der Waals surface area contributed by atoms with Crippen LogP contribution in [-0.2, 0) is 17.2 Å². The molecule has 168 valence electrons. The van der Waals surface area contributed by atoms with Gasteiger partial charge in [-0.2, -0.15) is 0 Å². The molecule has 0 radical (unpaired) electrons. The number of para-hydroxylation sites is 1. The summed E-state index contributed by atoms with van der Waals surface area (Å²) in [5, 5.41) is 1.24. The molecule has 0 amide bonds. The lowest BCUT2D eigenvalue weighted by Gasteiger charge is -2.57. The zero-order chi connectivity index (χ0) is 22.0. The fourth-order valence-electron chi connectivity index (χ4n) is 7.70. The average Bonchev–Trinajstić information content (AvgIpc) is 3.02. The van der Waals surface area contributed by atoms with E-state index in [1.165, 1.54) is 71.8 Å². The van der Waals surface area contributed by atoms with Gasteiger partial charge in [-0.05, 0) is 102 Å². The fourth-order valence-corrected chi connectivity index (χ4v) is 8.52. The van der Waals surface area contributed by atoms with Crippen LogP contribution in [0.4, 0.5) is 0 Å². The van der Waals surface area contributed by atoms with Crippen molar-refractivity contribution in [3.8, 4) is 17.0 Å². The molecule has 3 nitrogen and oxygen atoms in total. The second-order valence-corrected chi connectivity index (χ2v) is 11.5. The summed E-state index contributed by atoms with van der Waals surface area (Å²) >= 11 is 3.95. The van der Waals surface area contributed by atoms with E-state index in [0.717, 1.165) is 28.0 Å². The zero-order valence-corrected chi connectivity index (χ0v) is 20.9. The molecular formula is C28H32BrNO2. The standard InChI is InChI=1S/C28H32BrNO2/c1-17-8-22(26-25(29)21-6-4-5-7-24(21)30(26)2)27(32-16-31-3)23(9-17)28-13-18-10-19(14-28)12-20(11-18)15-28/h4-9,18-20H,10-16H2,1-3H3. The molecular weight excluding hydrogens is 462 g/mol. The highest BCUT2D eigenvalue weighted by Crippen LogP contribution is 2.62. The first kappa shape index (κ1) is 20.8. The largest absolute Gasteiger partial charge is 0.467 e. The Morgan fingerprint density at radius 1 is 1.03 bits per heavy atom. The first-order valence-electron chi connectivity index (χ1n) is 12.0. The maximum atomic E-state index is 6.47. The van der Waals surface area contributed by atoms with Crippen molar-refractivity contribution in [1.82, 2.24) is 4.57 Å². The predicted octanol–water partition coefficient (Wildman–Crippen LogP) is 7.37. The second-order valence-electron chi connectivity index (χ2n) is 10.7. The van der Waals surface area contributed by atoms with Crippen LogP contribution in [0.25, 0.3) is 22.2 Å². The molecule has 0 saturated heterocycles. The minimum absolute atomic E-state index is 0.260. The van der Waals surface area contributed by atoms with Crippen molar-refractivity contribution in [2.24, 2.45) is 24.8 Å². The lowest BCUT2D eigenvalue weighted by atomic mass is 9.48. The van der Waals surface area contributed by atoms with Gasteiger partial charge in [0.25, 0.3) is 0 Å². The highest BCUT2D eigenvalue weighted by Gasteiger charge is 2.52. The highest BCUT2D eigenvalue weighted by atomic mass is 79.9. The fraction of sp³-hybridized carbons (Fsp3) is 0.500. The van der Waals surface area contributed by atoms with Gasteiger partial charge < -0.3 is 14.0 Å². The molecule has 4 aliphatic carbocycles. The lowest BCUT2D eigenvalue weighted by molar-refractivity contribution is -0.00878. The summed E-state index contributed by atoms with van der Waals surface area (Å²) in [6, 6.07) is 13.3. The highest BCUT2D eigenvalue weighted by molar-refractivity contribution is 9.10. The first-order chi connectivity index (χ1) is 15.5. The van der Waals surface area contributed by atoms with E-state index >= 15 is 0 Å². The molecule has 0 N–H and O–H groups in total. The minimum atomic E-state index is 0.260. The third kappa shape index (κ3) is 3.09. The van der Waals surface area contributed by atoms with Gasteiger partial charge in [0.15, 0.2) is 6.79 Å². The first-order valence-corrected chi connectivity index (χ1v) is 12.8. The Kier molecular flexibility index (Phi) is 4.96. The predicted molar refractivity (Wildman–Crippen MR) is 133 cm³/mol. The summed E-state index contributed by atoms with van der Waals surface area (Å²) in [4.78, 5) is 0. The molecule has 0 spiro atoms. The Balaban J connectivity index is 1.59. The Bertz CT molecular complexity index is 1120.